The van der Waals surface area contributed by atoms with Crippen LogP contribution in [0.25, 0.3) is 0 Å². The van der Waals surface area contributed by atoms with Gasteiger partial charge in [0.1, 0.15) is 0 Å². The Bertz CT molecular complexity index is 381. The Labute approximate surface area is 119 Å². The lowest BCUT2D eigenvalue weighted by molar-refractivity contribution is 0.112. The van der Waals surface area contributed by atoms with E-state index >= 15 is 0 Å². The van der Waals surface area contributed by atoms with Crippen LogP contribution < -0.4 is 11.3 Å². The standard InChI is InChI=1S/C14H24BrN3/c1-5-14(2,18(3)4)13(17-16)10-11-7-6-8-12(15)9-11/h6-9,13,17H,5,10,16H2,1-4H3. The first-order chi connectivity index (χ1) is 8.43. The summed E-state index contributed by atoms with van der Waals surface area (Å²) in [5, 5.41) is 0. The van der Waals surface area contributed by atoms with Crippen molar-refractivity contribution in [1.29, 1.82) is 0 Å². The molecule has 0 radical (unpaired) electrons. The maximum atomic E-state index is 5.77. The van der Waals surface area contributed by atoms with Gasteiger partial charge in [-0.1, -0.05) is 35.0 Å². The van der Waals surface area contributed by atoms with Crippen LogP contribution in [-0.4, -0.2) is 30.6 Å². The van der Waals surface area contributed by atoms with Crippen LogP contribution in [0.1, 0.15) is 25.8 Å². The van der Waals surface area contributed by atoms with Gasteiger partial charge in [0.25, 0.3) is 0 Å². The highest BCUT2D eigenvalue weighted by Crippen LogP contribution is 2.24. The summed E-state index contributed by atoms with van der Waals surface area (Å²) in [5.74, 6) is 5.77. The lowest BCUT2D eigenvalue weighted by Gasteiger charge is -2.42. The van der Waals surface area contributed by atoms with Gasteiger partial charge in [-0.05, 0) is 51.6 Å². The van der Waals surface area contributed by atoms with Crippen LogP contribution in [-0.2, 0) is 6.42 Å². The fraction of sp³-hybridized carbons (Fsp3) is 0.571. The van der Waals surface area contributed by atoms with E-state index in [1.807, 2.05) is 6.07 Å². The number of nitrogens with two attached hydrogens (primary N) is 1. The molecule has 18 heavy (non-hydrogen) atoms. The smallest absolute Gasteiger partial charge is 0.0432 e. The summed E-state index contributed by atoms with van der Waals surface area (Å²) in [5.41, 5.74) is 4.31. The maximum absolute atomic E-state index is 5.77. The van der Waals surface area contributed by atoms with Crippen molar-refractivity contribution in [2.45, 2.75) is 38.3 Å². The Balaban J connectivity index is 2.90. The minimum atomic E-state index is 0.0388. The minimum absolute atomic E-state index is 0.0388. The Kier molecular flexibility index (Phi) is 5.79. The summed E-state index contributed by atoms with van der Waals surface area (Å²) in [4.78, 5) is 2.25. The summed E-state index contributed by atoms with van der Waals surface area (Å²) in [6.07, 6.45) is 1.96. The third kappa shape index (κ3) is 3.54. The number of nitrogens with one attached hydrogen (secondary N) is 1. The molecule has 0 spiro atoms. The van der Waals surface area contributed by atoms with E-state index in [9.17, 15) is 0 Å². The molecule has 0 heterocycles. The van der Waals surface area contributed by atoms with Gasteiger partial charge >= 0.3 is 0 Å². The van der Waals surface area contributed by atoms with Gasteiger partial charge in [-0.2, -0.15) is 0 Å². The predicted octanol–water partition coefficient (Wildman–Crippen LogP) is 2.55. The molecule has 1 aromatic carbocycles. The molecule has 4 heteroatoms. The number of benzene rings is 1. The van der Waals surface area contributed by atoms with Crippen LogP contribution in [0.4, 0.5) is 0 Å². The molecule has 0 aliphatic rings. The van der Waals surface area contributed by atoms with E-state index in [1.165, 1.54) is 5.56 Å². The molecule has 2 atom stereocenters. The molecule has 1 aromatic rings. The number of nitrogens with zero attached hydrogens (tertiary/aromatic N) is 1. The summed E-state index contributed by atoms with van der Waals surface area (Å²) in [7, 11) is 4.21. The molecule has 0 aromatic heterocycles. The zero-order valence-corrected chi connectivity index (χ0v) is 13.3. The van der Waals surface area contributed by atoms with Crippen LogP contribution in [0.5, 0.6) is 0 Å². The van der Waals surface area contributed by atoms with E-state index in [-0.39, 0.29) is 11.6 Å². The number of hydrazine groups is 1. The molecule has 0 saturated carbocycles. The van der Waals surface area contributed by atoms with Gasteiger partial charge in [0.2, 0.25) is 0 Å². The van der Waals surface area contributed by atoms with Gasteiger partial charge in [0.15, 0.2) is 0 Å². The summed E-state index contributed by atoms with van der Waals surface area (Å²) in [6, 6.07) is 8.61. The molecule has 0 amide bonds. The average Bonchev–Trinajstić information content (AvgIpc) is 2.34. The predicted molar refractivity (Wildman–Crippen MR) is 81.3 cm³/mol. The van der Waals surface area contributed by atoms with Crippen LogP contribution in [0.2, 0.25) is 0 Å². The SMILES string of the molecule is CCC(C)(C(Cc1cccc(Br)c1)NN)N(C)C. The highest BCUT2D eigenvalue weighted by Gasteiger charge is 2.34. The third-order valence-corrected chi connectivity index (χ3v) is 4.51. The van der Waals surface area contributed by atoms with Crippen molar-refractivity contribution in [2.75, 3.05) is 14.1 Å². The topological polar surface area (TPSA) is 41.3 Å². The molecule has 3 N–H and O–H groups in total. The first kappa shape index (κ1) is 15.6. The summed E-state index contributed by atoms with van der Waals surface area (Å²) in [6.45, 7) is 4.45. The van der Waals surface area contributed by atoms with Gasteiger partial charge in [-0.3, -0.25) is 11.3 Å². The fourth-order valence-corrected chi connectivity index (χ4v) is 2.68. The van der Waals surface area contributed by atoms with Crippen molar-refractivity contribution in [1.82, 2.24) is 10.3 Å². The van der Waals surface area contributed by atoms with Crippen LogP contribution >= 0.6 is 15.9 Å². The van der Waals surface area contributed by atoms with Crippen molar-refractivity contribution in [2.24, 2.45) is 5.84 Å². The molecule has 0 aliphatic heterocycles. The van der Waals surface area contributed by atoms with Crippen LogP contribution in [0.3, 0.4) is 0 Å². The van der Waals surface area contributed by atoms with Crippen LogP contribution in [0.15, 0.2) is 28.7 Å². The average molecular weight is 314 g/mol. The molecule has 0 fully saturated rings. The quantitative estimate of drug-likeness (QED) is 0.626. The monoisotopic (exact) mass is 313 g/mol. The highest BCUT2D eigenvalue weighted by molar-refractivity contribution is 9.10. The maximum Gasteiger partial charge on any atom is 0.0432 e. The minimum Gasteiger partial charge on any atom is -0.302 e. The van der Waals surface area contributed by atoms with Crippen LogP contribution in [0, 0.1) is 0 Å². The van der Waals surface area contributed by atoms with Crippen molar-refractivity contribution in [3.05, 3.63) is 34.3 Å². The van der Waals surface area contributed by atoms with Gasteiger partial charge < -0.3 is 4.90 Å². The Morgan fingerprint density at radius 1 is 1.44 bits per heavy atom. The van der Waals surface area contributed by atoms with E-state index in [4.69, 9.17) is 5.84 Å². The Morgan fingerprint density at radius 3 is 2.56 bits per heavy atom. The third-order valence-electron chi connectivity index (χ3n) is 4.02. The van der Waals surface area contributed by atoms with E-state index in [0.717, 1.165) is 17.3 Å². The Hall–Kier alpha value is -0.420. The van der Waals surface area contributed by atoms with Crippen molar-refractivity contribution in [3.8, 4) is 0 Å². The molecule has 0 saturated heterocycles. The van der Waals surface area contributed by atoms with E-state index in [2.05, 4.69) is 72.4 Å². The van der Waals surface area contributed by atoms with Crippen molar-refractivity contribution < 1.29 is 0 Å². The molecule has 102 valence electrons. The molecular formula is C14H24BrN3. The zero-order valence-electron chi connectivity index (χ0n) is 11.7. The lowest BCUT2D eigenvalue weighted by atomic mass is 9.84. The second-order valence-corrected chi connectivity index (χ2v) is 6.07. The number of rotatable bonds is 6. The normalized spacial score (nSPS) is 16.6. The van der Waals surface area contributed by atoms with Gasteiger partial charge in [0, 0.05) is 16.1 Å². The van der Waals surface area contributed by atoms with Gasteiger partial charge in [0.05, 0.1) is 0 Å². The number of hydrogen-bond donors (Lipinski definition) is 2. The molecule has 0 aliphatic carbocycles. The van der Waals surface area contributed by atoms with Crippen molar-refractivity contribution in [3.63, 3.8) is 0 Å². The molecule has 1 rings (SSSR count). The molecule has 3 nitrogen and oxygen atoms in total. The van der Waals surface area contributed by atoms with E-state index in [1.54, 1.807) is 0 Å². The second-order valence-electron chi connectivity index (χ2n) is 5.16. The number of likely N-dealkylation sites (N-methyl/N-ethyl adjacent to an activating group) is 1. The summed E-state index contributed by atoms with van der Waals surface area (Å²) >= 11 is 3.51. The van der Waals surface area contributed by atoms with Crippen molar-refractivity contribution >= 4 is 15.9 Å². The first-order valence-corrected chi connectivity index (χ1v) is 7.11. The summed E-state index contributed by atoms with van der Waals surface area (Å²) < 4.78 is 1.11. The largest absolute Gasteiger partial charge is 0.302 e. The van der Waals surface area contributed by atoms with Gasteiger partial charge in [-0.25, -0.2) is 0 Å². The number of halogens is 1. The number of hydrogen-bond acceptors (Lipinski definition) is 3. The van der Waals surface area contributed by atoms with Gasteiger partial charge in [-0.15, -0.1) is 0 Å². The molecular weight excluding hydrogens is 290 g/mol. The van der Waals surface area contributed by atoms with E-state index < -0.39 is 0 Å². The zero-order chi connectivity index (χ0) is 13.8. The second kappa shape index (κ2) is 6.66. The molecule has 0 bridgehead atoms. The fourth-order valence-electron chi connectivity index (χ4n) is 2.23. The lowest BCUT2D eigenvalue weighted by Crippen LogP contribution is -2.59. The van der Waals surface area contributed by atoms with E-state index in [0.29, 0.717) is 0 Å². The highest BCUT2D eigenvalue weighted by atomic mass is 79.9. The Morgan fingerprint density at radius 2 is 2.11 bits per heavy atom. The molecule has 2 unspecified atom stereocenters. The first-order valence-electron chi connectivity index (χ1n) is 6.32.